The maximum absolute atomic E-state index is 5.71. The Morgan fingerprint density at radius 2 is 1.75 bits per heavy atom. The molecule has 0 aliphatic carbocycles. The molecule has 4 heteroatoms. The Bertz CT molecular complexity index is 306. The summed E-state index contributed by atoms with van der Waals surface area (Å²) in [6.07, 6.45) is 3.02. The summed E-state index contributed by atoms with van der Waals surface area (Å²) in [4.78, 5) is 0. The fraction of sp³-hybridized carbons (Fsp3) is 0. The SMILES string of the molecule is Nc1ccccc1B1OC=CO1. The van der Waals surface area contributed by atoms with Gasteiger partial charge in [-0.15, -0.1) is 0 Å². The Morgan fingerprint density at radius 3 is 2.42 bits per heavy atom. The predicted molar refractivity (Wildman–Crippen MR) is 47.6 cm³/mol. The van der Waals surface area contributed by atoms with Crippen LogP contribution < -0.4 is 11.2 Å². The molecule has 0 saturated carbocycles. The van der Waals surface area contributed by atoms with Crippen LogP contribution in [0.15, 0.2) is 36.8 Å². The lowest BCUT2D eigenvalue weighted by atomic mass is 9.78. The number of nitrogen functional groups attached to an aromatic ring is 1. The molecule has 60 valence electrons. The van der Waals surface area contributed by atoms with Gasteiger partial charge in [0.05, 0.1) is 12.5 Å². The average molecular weight is 161 g/mol. The van der Waals surface area contributed by atoms with Gasteiger partial charge in [0.1, 0.15) is 0 Å². The van der Waals surface area contributed by atoms with E-state index in [2.05, 4.69) is 0 Å². The van der Waals surface area contributed by atoms with Gasteiger partial charge in [0, 0.05) is 11.2 Å². The number of benzene rings is 1. The van der Waals surface area contributed by atoms with Crippen LogP contribution in [0.5, 0.6) is 0 Å². The molecule has 0 unspecified atom stereocenters. The van der Waals surface area contributed by atoms with Crippen molar-refractivity contribution in [3.8, 4) is 0 Å². The molecule has 0 amide bonds. The van der Waals surface area contributed by atoms with E-state index in [-0.39, 0.29) is 7.12 Å². The van der Waals surface area contributed by atoms with Crippen LogP contribution in [0.1, 0.15) is 0 Å². The van der Waals surface area contributed by atoms with E-state index in [1.807, 2.05) is 24.3 Å². The molecule has 0 radical (unpaired) electrons. The minimum atomic E-state index is -0.369. The first kappa shape index (κ1) is 7.09. The molecular weight excluding hydrogens is 153 g/mol. The molecule has 0 spiro atoms. The molecule has 12 heavy (non-hydrogen) atoms. The molecule has 1 aromatic carbocycles. The van der Waals surface area contributed by atoms with Crippen LogP contribution in [0, 0.1) is 0 Å². The van der Waals surface area contributed by atoms with Crippen molar-refractivity contribution in [2.24, 2.45) is 0 Å². The van der Waals surface area contributed by atoms with Crippen LogP contribution in [-0.2, 0) is 9.31 Å². The fourth-order valence-corrected chi connectivity index (χ4v) is 1.11. The first-order valence-corrected chi connectivity index (χ1v) is 3.68. The lowest BCUT2D eigenvalue weighted by Gasteiger charge is -2.06. The molecule has 1 aliphatic heterocycles. The van der Waals surface area contributed by atoms with Crippen molar-refractivity contribution in [2.45, 2.75) is 0 Å². The molecule has 2 N–H and O–H groups in total. The van der Waals surface area contributed by atoms with Crippen molar-refractivity contribution in [3.63, 3.8) is 0 Å². The summed E-state index contributed by atoms with van der Waals surface area (Å²) in [5.74, 6) is 0. The zero-order chi connectivity index (χ0) is 8.39. The summed E-state index contributed by atoms with van der Waals surface area (Å²) in [6.45, 7) is 0. The van der Waals surface area contributed by atoms with Crippen molar-refractivity contribution in [1.82, 2.24) is 0 Å². The van der Waals surface area contributed by atoms with E-state index < -0.39 is 0 Å². The number of anilines is 1. The molecule has 1 aliphatic rings. The van der Waals surface area contributed by atoms with E-state index in [0.717, 1.165) is 5.46 Å². The highest BCUT2D eigenvalue weighted by atomic mass is 16.6. The predicted octanol–water partition coefficient (Wildman–Crippen LogP) is 0.482. The smallest absolute Gasteiger partial charge is 0.525 e. The molecule has 1 heterocycles. The Kier molecular flexibility index (Phi) is 1.66. The van der Waals surface area contributed by atoms with Gasteiger partial charge < -0.3 is 15.0 Å². The van der Waals surface area contributed by atoms with E-state index in [9.17, 15) is 0 Å². The van der Waals surface area contributed by atoms with Crippen LogP contribution >= 0.6 is 0 Å². The van der Waals surface area contributed by atoms with Crippen molar-refractivity contribution in [1.29, 1.82) is 0 Å². The molecule has 0 fully saturated rings. The van der Waals surface area contributed by atoms with E-state index in [1.54, 1.807) is 0 Å². The molecule has 1 aromatic rings. The highest BCUT2D eigenvalue weighted by Crippen LogP contribution is 2.06. The monoisotopic (exact) mass is 161 g/mol. The van der Waals surface area contributed by atoms with Gasteiger partial charge in [-0.2, -0.15) is 0 Å². The van der Waals surface area contributed by atoms with Crippen molar-refractivity contribution in [2.75, 3.05) is 5.73 Å². The molecular formula is C8H8BNO2. The molecule has 3 nitrogen and oxygen atoms in total. The van der Waals surface area contributed by atoms with Gasteiger partial charge in [-0.25, -0.2) is 0 Å². The first-order valence-electron chi connectivity index (χ1n) is 3.68. The molecule has 0 atom stereocenters. The number of hydrogen-bond acceptors (Lipinski definition) is 3. The zero-order valence-corrected chi connectivity index (χ0v) is 6.44. The number of hydrogen-bond donors (Lipinski definition) is 1. The van der Waals surface area contributed by atoms with Crippen molar-refractivity contribution < 1.29 is 9.31 Å². The lowest BCUT2D eigenvalue weighted by molar-refractivity contribution is 0.423. The van der Waals surface area contributed by atoms with Gasteiger partial charge in [0.25, 0.3) is 0 Å². The Hall–Kier alpha value is -1.58. The van der Waals surface area contributed by atoms with Crippen LogP contribution in [0.25, 0.3) is 0 Å². The fourth-order valence-electron chi connectivity index (χ4n) is 1.11. The van der Waals surface area contributed by atoms with Crippen LogP contribution in [-0.4, -0.2) is 7.12 Å². The number of nitrogens with two attached hydrogens (primary N) is 1. The summed E-state index contributed by atoms with van der Waals surface area (Å²) in [5, 5.41) is 0. The van der Waals surface area contributed by atoms with E-state index in [1.165, 1.54) is 12.5 Å². The first-order chi connectivity index (χ1) is 5.88. The highest BCUT2D eigenvalue weighted by Gasteiger charge is 2.28. The average Bonchev–Trinajstić information content (AvgIpc) is 2.57. The van der Waals surface area contributed by atoms with Crippen molar-refractivity contribution >= 4 is 18.3 Å². The molecule has 2 rings (SSSR count). The molecule has 0 saturated heterocycles. The van der Waals surface area contributed by atoms with Crippen molar-refractivity contribution in [3.05, 3.63) is 36.8 Å². The minimum absolute atomic E-state index is 0.369. The van der Waals surface area contributed by atoms with Gasteiger partial charge >= 0.3 is 7.12 Å². The second-order valence-electron chi connectivity index (χ2n) is 2.51. The quantitative estimate of drug-likeness (QED) is 0.481. The maximum Gasteiger partial charge on any atom is 0.634 e. The molecule has 0 bridgehead atoms. The summed E-state index contributed by atoms with van der Waals surface area (Å²) < 4.78 is 10.3. The van der Waals surface area contributed by atoms with Gasteiger partial charge in [-0.05, 0) is 6.07 Å². The van der Waals surface area contributed by atoms with Gasteiger partial charge in [-0.1, -0.05) is 18.2 Å². The minimum Gasteiger partial charge on any atom is -0.525 e. The third-order valence-electron chi connectivity index (χ3n) is 1.71. The summed E-state index contributed by atoms with van der Waals surface area (Å²) >= 11 is 0. The normalized spacial score (nSPS) is 14.2. The Morgan fingerprint density at radius 1 is 1.08 bits per heavy atom. The van der Waals surface area contributed by atoms with E-state index in [4.69, 9.17) is 15.0 Å². The zero-order valence-electron chi connectivity index (χ0n) is 6.44. The number of para-hydroxylation sites is 1. The second-order valence-corrected chi connectivity index (χ2v) is 2.51. The molecule has 0 aromatic heterocycles. The van der Waals surface area contributed by atoms with E-state index in [0.29, 0.717) is 5.69 Å². The standard InChI is InChI=1S/C8H8BNO2/c10-8-4-2-1-3-7(8)9-11-5-6-12-9/h1-6H,10H2. The van der Waals surface area contributed by atoms with Crippen LogP contribution in [0.2, 0.25) is 0 Å². The van der Waals surface area contributed by atoms with Crippen LogP contribution in [0.4, 0.5) is 5.69 Å². The van der Waals surface area contributed by atoms with Gasteiger partial charge in [-0.3, -0.25) is 0 Å². The van der Waals surface area contributed by atoms with Gasteiger partial charge in [0.15, 0.2) is 0 Å². The summed E-state index contributed by atoms with van der Waals surface area (Å²) in [7, 11) is -0.369. The lowest BCUT2D eigenvalue weighted by Crippen LogP contribution is -2.33. The third-order valence-corrected chi connectivity index (χ3v) is 1.71. The topological polar surface area (TPSA) is 44.5 Å². The van der Waals surface area contributed by atoms with E-state index >= 15 is 0 Å². The highest BCUT2D eigenvalue weighted by molar-refractivity contribution is 6.63. The Labute approximate surface area is 70.9 Å². The maximum atomic E-state index is 5.71. The Balaban J connectivity index is 2.27. The largest absolute Gasteiger partial charge is 0.634 e. The third kappa shape index (κ3) is 1.11. The summed E-state index contributed by atoms with van der Waals surface area (Å²) in [5.41, 5.74) is 7.26. The second kappa shape index (κ2) is 2.81. The summed E-state index contributed by atoms with van der Waals surface area (Å²) in [6, 6.07) is 7.48. The number of rotatable bonds is 1. The van der Waals surface area contributed by atoms with Gasteiger partial charge in [0.2, 0.25) is 0 Å². The van der Waals surface area contributed by atoms with Crippen LogP contribution in [0.3, 0.4) is 0 Å².